The average molecular weight is 334 g/mol. The maximum Gasteiger partial charge on any atom is 0.221 e. The molecule has 0 spiro atoms. The third kappa shape index (κ3) is 5.39. The minimum absolute atomic E-state index is 0.0627. The number of benzene rings is 2. The monoisotopic (exact) mass is 333 g/mol. The van der Waals surface area contributed by atoms with Crippen molar-refractivity contribution in [1.29, 1.82) is 0 Å². The maximum absolute atomic E-state index is 11.9. The molecule has 0 fully saturated rings. The van der Waals surface area contributed by atoms with E-state index in [2.05, 4.69) is 24.4 Å². The fraction of sp³-hybridized carbons (Fsp3) is 0.278. The van der Waals surface area contributed by atoms with E-state index in [1.54, 1.807) is 11.8 Å². The number of nitrogens with one attached hydrogen (secondary N) is 1. The first-order valence-corrected chi connectivity index (χ1v) is 8.76. The predicted octanol–water partition coefficient (Wildman–Crippen LogP) is 4.84. The summed E-state index contributed by atoms with van der Waals surface area (Å²) >= 11 is 7.86. The van der Waals surface area contributed by atoms with Crippen molar-refractivity contribution >= 4 is 29.3 Å². The first kappa shape index (κ1) is 16.9. The van der Waals surface area contributed by atoms with Crippen LogP contribution in [0.3, 0.4) is 0 Å². The molecule has 1 atom stereocenters. The van der Waals surface area contributed by atoms with Gasteiger partial charge in [0, 0.05) is 29.0 Å². The van der Waals surface area contributed by atoms with E-state index in [1.807, 2.05) is 42.5 Å². The number of thioether (sulfide) groups is 1. The van der Waals surface area contributed by atoms with Crippen LogP contribution in [0.1, 0.15) is 29.7 Å². The molecule has 0 aliphatic heterocycles. The number of rotatable bonds is 7. The molecule has 0 aliphatic rings. The van der Waals surface area contributed by atoms with Crippen LogP contribution in [0.4, 0.5) is 0 Å². The number of carbonyl (C=O) groups excluding carboxylic acids is 1. The fourth-order valence-corrected chi connectivity index (χ4v) is 3.28. The Morgan fingerprint density at radius 3 is 2.55 bits per heavy atom. The number of carbonyl (C=O) groups is 1. The van der Waals surface area contributed by atoms with Crippen LogP contribution in [0.15, 0.2) is 54.6 Å². The van der Waals surface area contributed by atoms with Gasteiger partial charge >= 0.3 is 0 Å². The van der Waals surface area contributed by atoms with Crippen molar-refractivity contribution in [1.82, 2.24) is 5.32 Å². The zero-order chi connectivity index (χ0) is 15.8. The molecule has 0 saturated heterocycles. The Balaban J connectivity index is 1.69. The highest BCUT2D eigenvalue weighted by Gasteiger charge is 2.08. The van der Waals surface area contributed by atoms with Crippen LogP contribution in [0.2, 0.25) is 5.02 Å². The minimum Gasteiger partial charge on any atom is -0.352 e. The molecule has 1 N–H and O–H groups in total. The molecule has 22 heavy (non-hydrogen) atoms. The number of amides is 1. The fourth-order valence-electron chi connectivity index (χ4n) is 2.07. The summed E-state index contributed by atoms with van der Waals surface area (Å²) in [6.07, 6.45) is 0.520. The summed E-state index contributed by atoms with van der Waals surface area (Å²) in [6, 6.07) is 17.9. The molecule has 0 aromatic heterocycles. The lowest BCUT2D eigenvalue weighted by atomic mass is 10.2. The molecule has 0 radical (unpaired) electrons. The SMILES string of the molecule is C[C@H](SCCC(=O)NCc1ccccc1Cl)c1ccccc1. The van der Waals surface area contributed by atoms with Gasteiger partial charge in [0.2, 0.25) is 5.91 Å². The molecule has 0 heterocycles. The highest BCUT2D eigenvalue weighted by molar-refractivity contribution is 7.99. The van der Waals surface area contributed by atoms with E-state index in [9.17, 15) is 4.79 Å². The van der Waals surface area contributed by atoms with Crippen LogP contribution < -0.4 is 5.32 Å². The van der Waals surface area contributed by atoms with Crippen molar-refractivity contribution in [2.45, 2.75) is 25.1 Å². The topological polar surface area (TPSA) is 29.1 Å². The molecule has 0 saturated carbocycles. The largest absolute Gasteiger partial charge is 0.352 e. The van der Waals surface area contributed by atoms with E-state index in [0.717, 1.165) is 11.3 Å². The smallest absolute Gasteiger partial charge is 0.221 e. The summed E-state index contributed by atoms with van der Waals surface area (Å²) in [6.45, 7) is 2.65. The van der Waals surface area contributed by atoms with Crippen molar-refractivity contribution in [2.75, 3.05) is 5.75 Å². The number of hydrogen-bond acceptors (Lipinski definition) is 2. The molecule has 2 aromatic carbocycles. The van der Waals surface area contributed by atoms with Gasteiger partial charge in [-0.3, -0.25) is 4.79 Å². The second kappa shape index (κ2) is 8.86. The lowest BCUT2D eigenvalue weighted by molar-refractivity contribution is -0.120. The van der Waals surface area contributed by atoms with Crippen molar-refractivity contribution in [2.24, 2.45) is 0 Å². The maximum atomic E-state index is 11.9. The van der Waals surface area contributed by atoms with Crippen LogP contribution in [-0.2, 0) is 11.3 Å². The van der Waals surface area contributed by atoms with Crippen LogP contribution in [0.5, 0.6) is 0 Å². The molecule has 2 rings (SSSR count). The Kier molecular flexibility index (Phi) is 6.81. The Morgan fingerprint density at radius 2 is 1.82 bits per heavy atom. The zero-order valence-corrected chi connectivity index (χ0v) is 14.2. The minimum atomic E-state index is 0.0627. The highest BCUT2D eigenvalue weighted by atomic mass is 35.5. The van der Waals surface area contributed by atoms with Crippen LogP contribution in [0.25, 0.3) is 0 Å². The highest BCUT2D eigenvalue weighted by Crippen LogP contribution is 2.28. The Hall–Kier alpha value is -1.45. The van der Waals surface area contributed by atoms with Crippen LogP contribution >= 0.6 is 23.4 Å². The summed E-state index contributed by atoms with van der Waals surface area (Å²) in [4.78, 5) is 11.9. The van der Waals surface area contributed by atoms with Gasteiger partial charge in [-0.05, 0) is 24.1 Å². The molecule has 0 aliphatic carbocycles. The van der Waals surface area contributed by atoms with E-state index in [-0.39, 0.29) is 5.91 Å². The van der Waals surface area contributed by atoms with Gasteiger partial charge in [-0.2, -0.15) is 11.8 Å². The van der Waals surface area contributed by atoms with Crippen molar-refractivity contribution in [3.8, 4) is 0 Å². The van der Waals surface area contributed by atoms with Gasteiger partial charge in [-0.25, -0.2) is 0 Å². The molecular weight excluding hydrogens is 314 g/mol. The van der Waals surface area contributed by atoms with E-state index in [4.69, 9.17) is 11.6 Å². The summed E-state index contributed by atoms with van der Waals surface area (Å²) in [5, 5.41) is 4.01. The third-order valence-corrected chi connectivity index (χ3v) is 4.98. The van der Waals surface area contributed by atoms with Crippen LogP contribution in [-0.4, -0.2) is 11.7 Å². The Bertz CT molecular complexity index is 603. The first-order chi connectivity index (χ1) is 10.7. The first-order valence-electron chi connectivity index (χ1n) is 7.33. The molecule has 0 unspecified atom stereocenters. The molecule has 4 heteroatoms. The van der Waals surface area contributed by atoms with Gasteiger partial charge in [0.15, 0.2) is 0 Å². The Labute approximate surface area is 141 Å². The molecule has 2 aromatic rings. The van der Waals surface area contributed by atoms with Gasteiger partial charge in [0.1, 0.15) is 0 Å². The summed E-state index contributed by atoms with van der Waals surface area (Å²) in [7, 11) is 0. The third-order valence-electron chi connectivity index (χ3n) is 3.40. The van der Waals surface area contributed by atoms with Crippen molar-refractivity contribution in [3.63, 3.8) is 0 Å². The quantitative estimate of drug-likeness (QED) is 0.785. The van der Waals surface area contributed by atoms with E-state index >= 15 is 0 Å². The van der Waals surface area contributed by atoms with Gasteiger partial charge < -0.3 is 5.32 Å². The lowest BCUT2D eigenvalue weighted by Crippen LogP contribution is -2.23. The Morgan fingerprint density at radius 1 is 1.14 bits per heavy atom. The van der Waals surface area contributed by atoms with Crippen molar-refractivity contribution in [3.05, 3.63) is 70.7 Å². The van der Waals surface area contributed by atoms with Gasteiger partial charge in [-0.1, -0.05) is 60.1 Å². The molecule has 116 valence electrons. The van der Waals surface area contributed by atoms with Gasteiger partial charge in [-0.15, -0.1) is 0 Å². The number of halogens is 1. The van der Waals surface area contributed by atoms with Gasteiger partial charge in [0.25, 0.3) is 0 Å². The second-order valence-electron chi connectivity index (χ2n) is 5.04. The molecule has 0 bridgehead atoms. The summed E-state index contributed by atoms with van der Waals surface area (Å²) in [5.74, 6) is 0.873. The predicted molar refractivity (Wildman–Crippen MR) is 95.2 cm³/mol. The van der Waals surface area contributed by atoms with E-state index in [1.165, 1.54) is 5.56 Å². The van der Waals surface area contributed by atoms with Gasteiger partial charge in [0.05, 0.1) is 0 Å². The average Bonchev–Trinajstić information content (AvgIpc) is 2.55. The molecular formula is C18H20ClNOS. The lowest BCUT2D eigenvalue weighted by Gasteiger charge is -2.11. The zero-order valence-electron chi connectivity index (χ0n) is 12.6. The van der Waals surface area contributed by atoms with E-state index < -0.39 is 0 Å². The number of hydrogen-bond donors (Lipinski definition) is 1. The summed E-state index contributed by atoms with van der Waals surface area (Å²) in [5.41, 5.74) is 2.24. The second-order valence-corrected chi connectivity index (χ2v) is 6.90. The molecule has 2 nitrogen and oxygen atoms in total. The van der Waals surface area contributed by atoms with Crippen LogP contribution in [0, 0.1) is 0 Å². The standard InChI is InChI=1S/C18H20ClNOS/c1-14(15-7-3-2-4-8-15)22-12-11-18(21)20-13-16-9-5-6-10-17(16)19/h2-10,14H,11-13H2,1H3,(H,20,21)/t14-/m0/s1. The normalized spacial score (nSPS) is 11.9. The van der Waals surface area contributed by atoms with Crippen molar-refractivity contribution < 1.29 is 4.79 Å². The van der Waals surface area contributed by atoms with E-state index in [0.29, 0.717) is 23.2 Å². The molecule has 1 amide bonds. The summed E-state index contributed by atoms with van der Waals surface area (Å²) < 4.78 is 0.